The third-order valence-electron chi connectivity index (χ3n) is 2.61. The second-order valence-corrected chi connectivity index (χ2v) is 4.71. The van der Waals surface area contributed by atoms with E-state index in [9.17, 15) is 9.59 Å². The fourth-order valence-electron chi connectivity index (χ4n) is 1.58. The minimum Gasteiger partial charge on any atom is -0.478 e. The molecule has 0 aliphatic carbocycles. The molecule has 0 aromatic heterocycles. The molecule has 5 nitrogen and oxygen atoms in total. The number of carbonyl (C=O) groups is 2. The van der Waals surface area contributed by atoms with Gasteiger partial charge < -0.3 is 15.2 Å². The molecule has 0 bridgehead atoms. The van der Waals surface area contributed by atoms with Crippen molar-refractivity contribution in [1.29, 1.82) is 0 Å². The van der Waals surface area contributed by atoms with Gasteiger partial charge in [0.05, 0.1) is 10.6 Å². The van der Waals surface area contributed by atoms with E-state index >= 15 is 0 Å². The summed E-state index contributed by atoms with van der Waals surface area (Å²) in [7, 11) is 0. The zero-order valence-electron chi connectivity index (χ0n) is 11.3. The van der Waals surface area contributed by atoms with E-state index in [0.717, 1.165) is 19.3 Å². The number of unbranched alkanes of at least 4 members (excludes halogenated alkanes) is 2. The van der Waals surface area contributed by atoms with Crippen LogP contribution in [0.15, 0.2) is 18.2 Å². The van der Waals surface area contributed by atoms with E-state index in [4.69, 9.17) is 21.4 Å². The highest BCUT2D eigenvalue weighted by molar-refractivity contribution is 6.33. The number of carboxylic acids is 1. The highest BCUT2D eigenvalue weighted by Crippen LogP contribution is 2.20. The molecule has 1 amide bonds. The number of benzene rings is 1. The summed E-state index contributed by atoms with van der Waals surface area (Å²) >= 11 is 5.81. The van der Waals surface area contributed by atoms with Gasteiger partial charge in [0.2, 0.25) is 5.91 Å². The van der Waals surface area contributed by atoms with Crippen molar-refractivity contribution >= 4 is 29.2 Å². The number of amides is 1. The van der Waals surface area contributed by atoms with Gasteiger partial charge in [-0.05, 0) is 24.6 Å². The maximum atomic E-state index is 11.6. The van der Waals surface area contributed by atoms with Crippen LogP contribution in [0.3, 0.4) is 0 Å². The summed E-state index contributed by atoms with van der Waals surface area (Å²) in [4.78, 5) is 22.4. The van der Waals surface area contributed by atoms with Crippen LogP contribution in [0.2, 0.25) is 5.02 Å². The highest BCUT2D eigenvalue weighted by atomic mass is 35.5. The van der Waals surface area contributed by atoms with Gasteiger partial charge in [-0.2, -0.15) is 0 Å². The average Bonchev–Trinajstić information content (AvgIpc) is 2.38. The summed E-state index contributed by atoms with van der Waals surface area (Å²) < 4.78 is 5.22. The summed E-state index contributed by atoms with van der Waals surface area (Å²) in [5.74, 6) is -1.40. The number of anilines is 1. The molecule has 6 heteroatoms. The second-order valence-electron chi connectivity index (χ2n) is 4.31. The molecule has 1 rings (SSSR count). The van der Waals surface area contributed by atoms with Gasteiger partial charge >= 0.3 is 5.97 Å². The van der Waals surface area contributed by atoms with Gasteiger partial charge in [-0.25, -0.2) is 4.79 Å². The molecule has 110 valence electrons. The van der Waals surface area contributed by atoms with Gasteiger partial charge in [0.1, 0.15) is 6.61 Å². The third kappa shape index (κ3) is 5.59. The van der Waals surface area contributed by atoms with E-state index in [1.54, 1.807) is 0 Å². The lowest BCUT2D eigenvalue weighted by Crippen LogP contribution is -2.18. The van der Waals surface area contributed by atoms with E-state index in [-0.39, 0.29) is 23.1 Å². The Balaban J connectivity index is 2.42. The Kier molecular flexibility index (Phi) is 7.04. The number of ether oxygens (including phenoxy) is 1. The molecule has 0 unspecified atom stereocenters. The molecule has 0 aliphatic rings. The largest absolute Gasteiger partial charge is 0.478 e. The standard InChI is InChI=1S/C14H18ClNO4/c1-2-3-4-7-20-9-13(17)16-10-5-6-11(14(18)19)12(15)8-10/h5-6,8H,2-4,7,9H2,1H3,(H,16,17)(H,18,19). The molecule has 0 saturated carbocycles. The van der Waals surface area contributed by atoms with Crippen LogP contribution < -0.4 is 5.32 Å². The summed E-state index contributed by atoms with van der Waals surface area (Å²) in [6.07, 6.45) is 3.11. The van der Waals surface area contributed by atoms with Gasteiger partial charge in [0, 0.05) is 12.3 Å². The molecule has 20 heavy (non-hydrogen) atoms. The average molecular weight is 300 g/mol. The van der Waals surface area contributed by atoms with Gasteiger partial charge in [0.25, 0.3) is 0 Å². The van der Waals surface area contributed by atoms with E-state index in [2.05, 4.69) is 12.2 Å². The molecular weight excluding hydrogens is 282 g/mol. The monoisotopic (exact) mass is 299 g/mol. The molecule has 0 atom stereocenters. The summed E-state index contributed by atoms with van der Waals surface area (Å²) in [5, 5.41) is 11.5. The Morgan fingerprint density at radius 3 is 2.70 bits per heavy atom. The van der Waals surface area contributed by atoms with E-state index in [1.807, 2.05) is 0 Å². The molecule has 0 radical (unpaired) electrons. The van der Waals surface area contributed by atoms with Crippen LogP contribution in [0.1, 0.15) is 36.5 Å². The molecular formula is C14H18ClNO4. The number of nitrogens with one attached hydrogen (secondary N) is 1. The summed E-state index contributed by atoms with van der Waals surface area (Å²) in [6.45, 7) is 2.62. The molecule has 0 saturated heterocycles. The van der Waals surface area contributed by atoms with Gasteiger partial charge in [0.15, 0.2) is 0 Å². The normalized spacial score (nSPS) is 10.3. The van der Waals surface area contributed by atoms with Crippen molar-refractivity contribution in [3.05, 3.63) is 28.8 Å². The van der Waals surface area contributed by atoms with Crippen molar-refractivity contribution < 1.29 is 19.4 Å². The van der Waals surface area contributed by atoms with Crippen LogP contribution in [0.25, 0.3) is 0 Å². The van der Waals surface area contributed by atoms with Crippen molar-refractivity contribution in [3.8, 4) is 0 Å². The van der Waals surface area contributed by atoms with Crippen molar-refractivity contribution in [3.63, 3.8) is 0 Å². The fraction of sp³-hybridized carbons (Fsp3) is 0.429. The minimum atomic E-state index is -1.10. The highest BCUT2D eigenvalue weighted by Gasteiger charge is 2.10. The smallest absolute Gasteiger partial charge is 0.337 e. The van der Waals surface area contributed by atoms with E-state index in [1.165, 1.54) is 18.2 Å². The molecule has 2 N–H and O–H groups in total. The Bertz CT molecular complexity index is 476. The van der Waals surface area contributed by atoms with Crippen LogP contribution in [0, 0.1) is 0 Å². The van der Waals surface area contributed by atoms with Crippen molar-refractivity contribution in [2.45, 2.75) is 26.2 Å². The van der Waals surface area contributed by atoms with Gasteiger partial charge in [-0.15, -0.1) is 0 Å². The quantitative estimate of drug-likeness (QED) is 0.723. The first kappa shape index (κ1) is 16.5. The molecule has 0 fully saturated rings. The summed E-state index contributed by atoms with van der Waals surface area (Å²) in [5.41, 5.74) is 0.447. The zero-order valence-corrected chi connectivity index (χ0v) is 12.1. The van der Waals surface area contributed by atoms with Crippen LogP contribution in [0.4, 0.5) is 5.69 Å². The van der Waals surface area contributed by atoms with Gasteiger partial charge in [-0.3, -0.25) is 4.79 Å². The predicted octanol–water partition coefficient (Wildman–Crippen LogP) is 3.18. The third-order valence-corrected chi connectivity index (χ3v) is 2.92. The lowest BCUT2D eigenvalue weighted by atomic mass is 10.2. The van der Waals surface area contributed by atoms with Crippen LogP contribution in [-0.2, 0) is 9.53 Å². The van der Waals surface area contributed by atoms with Crippen molar-refractivity contribution in [2.75, 3.05) is 18.5 Å². The summed E-state index contributed by atoms with van der Waals surface area (Å²) in [6, 6.07) is 4.24. The zero-order chi connectivity index (χ0) is 15.0. The Hall–Kier alpha value is -1.59. The maximum absolute atomic E-state index is 11.6. The number of hydrogen-bond donors (Lipinski definition) is 2. The van der Waals surface area contributed by atoms with Crippen molar-refractivity contribution in [2.24, 2.45) is 0 Å². The van der Waals surface area contributed by atoms with E-state index in [0.29, 0.717) is 12.3 Å². The number of hydrogen-bond acceptors (Lipinski definition) is 3. The maximum Gasteiger partial charge on any atom is 0.337 e. The number of carbonyl (C=O) groups excluding carboxylic acids is 1. The fourth-order valence-corrected chi connectivity index (χ4v) is 1.84. The predicted molar refractivity (Wildman–Crippen MR) is 77.4 cm³/mol. The lowest BCUT2D eigenvalue weighted by molar-refractivity contribution is -0.120. The topological polar surface area (TPSA) is 75.6 Å². The Morgan fingerprint density at radius 1 is 1.35 bits per heavy atom. The van der Waals surface area contributed by atoms with Gasteiger partial charge in [-0.1, -0.05) is 31.4 Å². The molecule has 0 aliphatic heterocycles. The number of rotatable bonds is 8. The SMILES string of the molecule is CCCCCOCC(=O)Nc1ccc(C(=O)O)c(Cl)c1. The number of aromatic carboxylic acids is 1. The first-order valence-electron chi connectivity index (χ1n) is 6.45. The Morgan fingerprint density at radius 2 is 2.10 bits per heavy atom. The van der Waals surface area contributed by atoms with E-state index < -0.39 is 5.97 Å². The van der Waals surface area contributed by atoms with Crippen molar-refractivity contribution in [1.82, 2.24) is 0 Å². The number of halogens is 1. The minimum absolute atomic E-state index is 0.000446. The first-order chi connectivity index (χ1) is 9.54. The Labute approximate surface area is 122 Å². The number of carboxylic acid groups (broad SMARTS) is 1. The van der Waals surface area contributed by atoms with Crippen LogP contribution >= 0.6 is 11.6 Å². The van der Waals surface area contributed by atoms with Crippen LogP contribution in [0.5, 0.6) is 0 Å². The lowest BCUT2D eigenvalue weighted by Gasteiger charge is -2.07. The second kappa shape index (κ2) is 8.55. The molecule has 1 aromatic rings. The molecule has 1 aromatic carbocycles. The first-order valence-corrected chi connectivity index (χ1v) is 6.82. The molecule has 0 spiro atoms. The van der Waals surface area contributed by atoms with Crippen LogP contribution in [-0.4, -0.2) is 30.2 Å². The molecule has 0 heterocycles.